The minimum Gasteiger partial charge on any atom is -0.310 e. The van der Waals surface area contributed by atoms with Crippen LogP contribution in [0.25, 0.3) is 10.4 Å². The van der Waals surface area contributed by atoms with E-state index in [1.54, 1.807) is 6.07 Å². The third-order valence-corrected chi connectivity index (χ3v) is 4.36. The van der Waals surface area contributed by atoms with Gasteiger partial charge in [-0.25, -0.2) is 13.2 Å². The molecule has 0 saturated heterocycles. The first kappa shape index (κ1) is 15.1. The van der Waals surface area contributed by atoms with E-state index in [2.05, 4.69) is 12.2 Å². The van der Waals surface area contributed by atoms with E-state index < -0.39 is 17.5 Å². The molecule has 1 atom stereocenters. The van der Waals surface area contributed by atoms with E-state index in [0.29, 0.717) is 4.88 Å². The lowest BCUT2D eigenvalue weighted by molar-refractivity contribution is 0.449. The van der Waals surface area contributed by atoms with Crippen LogP contribution in [0.3, 0.4) is 0 Å². The first-order valence-corrected chi connectivity index (χ1v) is 7.37. The Balaban J connectivity index is 2.36. The van der Waals surface area contributed by atoms with Crippen LogP contribution in [0.15, 0.2) is 24.3 Å². The van der Waals surface area contributed by atoms with Gasteiger partial charge < -0.3 is 5.32 Å². The number of hydrogen-bond acceptors (Lipinski definition) is 2. The molecule has 1 aromatic heterocycles. The number of benzene rings is 1. The van der Waals surface area contributed by atoms with Crippen LogP contribution in [-0.4, -0.2) is 6.54 Å². The molecule has 0 spiro atoms. The molecule has 1 unspecified atom stereocenters. The molecule has 0 bridgehead atoms. The first-order chi connectivity index (χ1) is 9.58. The summed E-state index contributed by atoms with van der Waals surface area (Å²) in [4.78, 5) is 1.67. The van der Waals surface area contributed by atoms with Crippen molar-refractivity contribution in [1.29, 1.82) is 0 Å². The van der Waals surface area contributed by atoms with Crippen molar-refractivity contribution in [2.24, 2.45) is 0 Å². The van der Waals surface area contributed by atoms with Gasteiger partial charge in [-0.05, 0) is 37.2 Å². The lowest BCUT2D eigenvalue weighted by Gasteiger charge is -2.13. The monoisotopic (exact) mass is 299 g/mol. The molecular weight excluding hydrogens is 283 g/mol. The normalized spacial score (nSPS) is 12.7. The van der Waals surface area contributed by atoms with Crippen LogP contribution in [0.5, 0.6) is 0 Å². The van der Waals surface area contributed by atoms with Crippen LogP contribution in [0, 0.1) is 17.5 Å². The second kappa shape index (κ2) is 6.41. The van der Waals surface area contributed by atoms with Gasteiger partial charge in [-0.15, -0.1) is 11.3 Å². The molecule has 0 fully saturated rings. The van der Waals surface area contributed by atoms with Crippen LogP contribution >= 0.6 is 11.3 Å². The summed E-state index contributed by atoms with van der Waals surface area (Å²) < 4.78 is 40.0. The van der Waals surface area contributed by atoms with Gasteiger partial charge in [0.05, 0.1) is 0 Å². The second-order valence-electron chi connectivity index (χ2n) is 4.44. The smallest absolute Gasteiger partial charge is 0.195 e. The number of halogens is 3. The summed E-state index contributed by atoms with van der Waals surface area (Å²) in [6.45, 7) is 4.92. The van der Waals surface area contributed by atoms with Gasteiger partial charge in [-0.2, -0.15) is 0 Å². The van der Waals surface area contributed by atoms with Gasteiger partial charge in [0.15, 0.2) is 17.5 Å². The first-order valence-electron chi connectivity index (χ1n) is 6.55. The van der Waals surface area contributed by atoms with Gasteiger partial charge in [-0.3, -0.25) is 0 Å². The average molecular weight is 299 g/mol. The summed E-state index contributed by atoms with van der Waals surface area (Å²) in [6, 6.07) is 6.08. The van der Waals surface area contributed by atoms with E-state index in [0.717, 1.165) is 23.9 Å². The standard InChI is InChI=1S/C15H16F3NS/c1-3-11(19-4-2)13-8-7-12(20-13)9-5-6-10(16)15(18)14(9)17/h5-8,11,19H,3-4H2,1-2H3. The molecule has 2 aromatic rings. The maximum atomic E-state index is 13.8. The molecular formula is C15H16F3NS. The van der Waals surface area contributed by atoms with Crippen LogP contribution in [-0.2, 0) is 0 Å². The van der Waals surface area contributed by atoms with Gasteiger partial charge in [0.2, 0.25) is 0 Å². The fraction of sp³-hybridized carbons (Fsp3) is 0.333. The second-order valence-corrected chi connectivity index (χ2v) is 5.56. The molecule has 1 heterocycles. The Labute approximate surface area is 120 Å². The van der Waals surface area contributed by atoms with Gasteiger partial charge in [0.1, 0.15) is 0 Å². The van der Waals surface area contributed by atoms with Crippen molar-refractivity contribution in [2.45, 2.75) is 26.3 Å². The Morgan fingerprint density at radius 1 is 1.05 bits per heavy atom. The van der Waals surface area contributed by atoms with E-state index >= 15 is 0 Å². The van der Waals surface area contributed by atoms with Crippen molar-refractivity contribution in [1.82, 2.24) is 5.32 Å². The fourth-order valence-electron chi connectivity index (χ4n) is 2.09. The highest BCUT2D eigenvalue weighted by Crippen LogP contribution is 2.34. The summed E-state index contributed by atoms with van der Waals surface area (Å²) >= 11 is 1.40. The Bertz CT molecular complexity index is 595. The Kier molecular flexibility index (Phi) is 4.83. The highest BCUT2D eigenvalue weighted by molar-refractivity contribution is 7.15. The number of nitrogens with one attached hydrogen (secondary N) is 1. The molecule has 0 amide bonds. The summed E-state index contributed by atoms with van der Waals surface area (Å²) in [5.41, 5.74) is 0.103. The fourth-order valence-corrected chi connectivity index (χ4v) is 3.28. The van der Waals surface area contributed by atoms with Crippen LogP contribution < -0.4 is 5.32 Å². The van der Waals surface area contributed by atoms with E-state index in [1.807, 2.05) is 13.0 Å². The molecule has 0 aliphatic carbocycles. The molecule has 0 saturated carbocycles. The predicted octanol–water partition coefficient (Wildman–Crippen LogP) is 4.89. The Hall–Kier alpha value is -1.33. The van der Waals surface area contributed by atoms with Crippen LogP contribution in [0.1, 0.15) is 31.2 Å². The molecule has 0 aliphatic heterocycles. The van der Waals surface area contributed by atoms with E-state index in [9.17, 15) is 13.2 Å². The number of hydrogen-bond donors (Lipinski definition) is 1. The maximum absolute atomic E-state index is 13.8. The minimum atomic E-state index is -1.42. The van der Waals surface area contributed by atoms with Crippen molar-refractivity contribution in [3.8, 4) is 10.4 Å². The van der Waals surface area contributed by atoms with Crippen LogP contribution in [0.4, 0.5) is 13.2 Å². The third kappa shape index (κ3) is 2.88. The molecule has 2 rings (SSSR count). The third-order valence-electron chi connectivity index (χ3n) is 3.13. The lowest BCUT2D eigenvalue weighted by Crippen LogP contribution is -2.18. The zero-order chi connectivity index (χ0) is 14.7. The van der Waals surface area contributed by atoms with E-state index in [1.165, 1.54) is 17.4 Å². The van der Waals surface area contributed by atoms with Gasteiger partial charge >= 0.3 is 0 Å². The number of thiophene rings is 1. The lowest BCUT2D eigenvalue weighted by atomic mass is 10.1. The minimum absolute atomic E-state index is 0.103. The molecule has 1 N–H and O–H groups in total. The van der Waals surface area contributed by atoms with Gasteiger partial charge in [0.25, 0.3) is 0 Å². The molecule has 0 radical (unpaired) electrons. The van der Waals surface area contributed by atoms with Gasteiger partial charge in [0, 0.05) is 21.4 Å². The predicted molar refractivity (Wildman–Crippen MR) is 76.3 cm³/mol. The molecule has 1 nitrogen and oxygen atoms in total. The van der Waals surface area contributed by atoms with Gasteiger partial charge in [-0.1, -0.05) is 13.8 Å². The maximum Gasteiger partial charge on any atom is 0.195 e. The zero-order valence-corrected chi connectivity index (χ0v) is 12.2. The molecule has 108 valence electrons. The summed E-state index contributed by atoms with van der Waals surface area (Å²) in [7, 11) is 0. The molecule has 20 heavy (non-hydrogen) atoms. The van der Waals surface area contributed by atoms with Crippen molar-refractivity contribution >= 4 is 11.3 Å². The van der Waals surface area contributed by atoms with E-state index in [-0.39, 0.29) is 11.6 Å². The quantitative estimate of drug-likeness (QED) is 0.775. The largest absolute Gasteiger partial charge is 0.310 e. The molecule has 5 heteroatoms. The highest BCUT2D eigenvalue weighted by Gasteiger charge is 2.17. The summed E-state index contributed by atoms with van der Waals surface area (Å²) in [5, 5.41) is 3.33. The van der Waals surface area contributed by atoms with E-state index in [4.69, 9.17) is 0 Å². The van der Waals surface area contributed by atoms with Crippen molar-refractivity contribution in [3.63, 3.8) is 0 Å². The molecule has 0 aliphatic rings. The summed E-state index contributed by atoms with van der Waals surface area (Å²) in [5.74, 6) is -3.71. The van der Waals surface area contributed by atoms with Crippen molar-refractivity contribution < 1.29 is 13.2 Å². The number of rotatable bonds is 5. The zero-order valence-electron chi connectivity index (χ0n) is 11.3. The van der Waals surface area contributed by atoms with Crippen molar-refractivity contribution in [3.05, 3.63) is 46.6 Å². The summed E-state index contributed by atoms with van der Waals surface area (Å²) in [6.07, 6.45) is 0.911. The Morgan fingerprint density at radius 3 is 2.45 bits per heavy atom. The Morgan fingerprint density at radius 2 is 1.80 bits per heavy atom. The topological polar surface area (TPSA) is 12.0 Å². The van der Waals surface area contributed by atoms with Crippen LogP contribution in [0.2, 0.25) is 0 Å². The SMILES string of the molecule is CCNC(CC)c1ccc(-c2ccc(F)c(F)c2F)s1. The van der Waals surface area contributed by atoms with Crippen molar-refractivity contribution in [2.75, 3.05) is 6.54 Å². The average Bonchev–Trinajstić information content (AvgIpc) is 2.91. The molecule has 1 aromatic carbocycles. The highest BCUT2D eigenvalue weighted by atomic mass is 32.1.